The third-order valence-corrected chi connectivity index (χ3v) is 3.39. The largest absolute Gasteiger partial charge is 0.327 e. The van der Waals surface area contributed by atoms with Gasteiger partial charge < -0.3 is 5.73 Å². The normalized spacial score (nSPS) is 12.1. The second kappa shape index (κ2) is 6.79. The molecule has 0 spiro atoms. The molecule has 0 amide bonds. The molecule has 0 aliphatic rings. The first-order chi connectivity index (χ1) is 7.22. The lowest BCUT2D eigenvalue weighted by Crippen LogP contribution is -2.22. The van der Waals surface area contributed by atoms with Crippen LogP contribution >= 0.6 is 23.4 Å². The fraction of sp³-hybridized carbons (Fsp3) is 0.333. The summed E-state index contributed by atoms with van der Waals surface area (Å²) in [6.07, 6.45) is 6.81. The Morgan fingerprint density at radius 1 is 1.40 bits per heavy atom. The maximum Gasteiger partial charge on any atom is 0.0406 e. The maximum atomic E-state index is 5.90. The predicted octanol–water partition coefficient (Wildman–Crippen LogP) is 3.17. The summed E-state index contributed by atoms with van der Waals surface area (Å²) in [4.78, 5) is 1.19. The zero-order valence-corrected chi connectivity index (χ0v) is 10.0. The summed E-state index contributed by atoms with van der Waals surface area (Å²) in [5.41, 5.74) is 5.90. The van der Waals surface area contributed by atoms with Gasteiger partial charge in [0.05, 0.1) is 0 Å². The second-order valence-corrected chi connectivity index (χ2v) is 4.80. The Labute approximate surface area is 100 Å². The fourth-order valence-electron chi connectivity index (χ4n) is 1.09. The molecule has 0 heterocycles. The molecule has 3 heteroatoms. The van der Waals surface area contributed by atoms with Crippen molar-refractivity contribution in [3.63, 3.8) is 0 Å². The summed E-state index contributed by atoms with van der Waals surface area (Å²) in [5.74, 6) is 3.49. The van der Waals surface area contributed by atoms with Gasteiger partial charge in [-0.25, -0.2) is 0 Å². The molecule has 80 valence electrons. The number of halogens is 1. The minimum atomic E-state index is 0.168. The molecule has 0 aliphatic carbocycles. The highest BCUT2D eigenvalue weighted by Gasteiger charge is 2.02. The summed E-state index contributed by atoms with van der Waals surface area (Å²) >= 11 is 7.52. The molecule has 0 saturated carbocycles. The van der Waals surface area contributed by atoms with Gasteiger partial charge in [0.15, 0.2) is 0 Å². The Morgan fingerprint density at radius 2 is 2.07 bits per heavy atom. The first-order valence-corrected chi connectivity index (χ1v) is 6.16. The van der Waals surface area contributed by atoms with Crippen molar-refractivity contribution in [3.05, 3.63) is 29.3 Å². The van der Waals surface area contributed by atoms with Crippen molar-refractivity contribution in [1.29, 1.82) is 0 Å². The summed E-state index contributed by atoms with van der Waals surface area (Å²) in [6.45, 7) is 0. The molecule has 1 aromatic carbocycles. The van der Waals surface area contributed by atoms with Crippen LogP contribution in [0.4, 0.5) is 0 Å². The van der Waals surface area contributed by atoms with Crippen LogP contribution in [0, 0.1) is 12.3 Å². The summed E-state index contributed by atoms with van der Waals surface area (Å²) in [5, 5.41) is 0.760. The van der Waals surface area contributed by atoms with E-state index in [4.69, 9.17) is 23.8 Å². The van der Waals surface area contributed by atoms with Crippen molar-refractivity contribution in [1.82, 2.24) is 0 Å². The molecule has 1 atom stereocenters. The van der Waals surface area contributed by atoms with E-state index in [1.807, 2.05) is 24.3 Å². The van der Waals surface area contributed by atoms with E-state index in [1.54, 1.807) is 11.8 Å². The van der Waals surface area contributed by atoms with Crippen LogP contribution in [-0.4, -0.2) is 11.8 Å². The first kappa shape index (κ1) is 12.4. The van der Waals surface area contributed by atoms with Gasteiger partial charge in [0, 0.05) is 28.1 Å². The molecule has 1 aromatic rings. The SMILES string of the molecule is C#CCCC(N)CSc1ccc(Cl)cc1. The van der Waals surface area contributed by atoms with Gasteiger partial charge in [-0.2, -0.15) is 0 Å². The van der Waals surface area contributed by atoms with Crippen molar-refractivity contribution < 1.29 is 0 Å². The molecule has 1 rings (SSSR count). The number of hydrogen-bond donors (Lipinski definition) is 1. The smallest absolute Gasteiger partial charge is 0.0406 e. The molecule has 0 aliphatic heterocycles. The van der Waals surface area contributed by atoms with Crippen molar-refractivity contribution in [2.75, 3.05) is 5.75 Å². The maximum absolute atomic E-state index is 5.90. The zero-order chi connectivity index (χ0) is 11.1. The lowest BCUT2D eigenvalue weighted by molar-refractivity contribution is 0.692. The van der Waals surface area contributed by atoms with Crippen LogP contribution in [0.2, 0.25) is 5.02 Å². The standard InChI is InChI=1S/C12H14ClNS/c1-2-3-4-11(14)9-15-12-7-5-10(13)6-8-12/h1,5-8,11H,3-4,9,14H2. The molecular formula is C12H14ClNS. The van der Waals surface area contributed by atoms with E-state index in [9.17, 15) is 0 Å². The molecule has 15 heavy (non-hydrogen) atoms. The van der Waals surface area contributed by atoms with Crippen LogP contribution < -0.4 is 5.73 Å². The van der Waals surface area contributed by atoms with E-state index in [0.29, 0.717) is 0 Å². The fourth-order valence-corrected chi connectivity index (χ4v) is 2.11. The minimum absolute atomic E-state index is 0.168. The van der Waals surface area contributed by atoms with Gasteiger partial charge in [-0.15, -0.1) is 24.1 Å². The molecule has 1 unspecified atom stereocenters. The predicted molar refractivity (Wildman–Crippen MR) is 68.2 cm³/mol. The van der Waals surface area contributed by atoms with Gasteiger partial charge >= 0.3 is 0 Å². The highest BCUT2D eigenvalue weighted by Crippen LogP contribution is 2.21. The molecule has 0 fully saturated rings. The molecule has 0 saturated heterocycles. The van der Waals surface area contributed by atoms with E-state index in [2.05, 4.69) is 5.92 Å². The zero-order valence-electron chi connectivity index (χ0n) is 8.45. The number of rotatable bonds is 5. The van der Waals surface area contributed by atoms with Crippen molar-refractivity contribution >= 4 is 23.4 Å². The molecule has 2 N–H and O–H groups in total. The van der Waals surface area contributed by atoms with Crippen LogP contribution in [0.3, 0.4) is 0 Å². The summed E-state index contributed by atoms with van der Waals surface area (Å²) in [6, 6.07) is 7.94. The van der Waals surface area contributed by atoms with E-state index in [0.717, 1.165) is 23.6 Å². The van der Waals surface area contributed by atoms with Crippen molar-refractivity contribution in [2.24, 2.45) is 5.73 Å². The summed E-state index contributed by atoms with van der Waals surface area (Å²) in [7, 11) is 0. The number of hydrogen-bond acceptors (Lipinski definition) is 2. The summed E-state index contributed by atoms with van der Waals surface area (Å²) < 4.78 is 0. The quantitative estimate of drug-likeness (QED) is 0.631. The molecular weight excluding hydrogens is 226 g/mol. The number of benzene rings is 1. The Kier molecular flexibility index (Phi) is 5.63. The Balaban J connectivity index is 2.31. The Hall–Kier alpha value is -0.620. The van der Waals surface area contributed by atoms with Gasteiger partial charge in [0.2, 0.25) is 0 Å². The third-order valence-electron chi connectivity index (χ3n) is 1.94. The van der Waals surface area contributed by atoms with Crippen molar-refractivity contribution in [2.45, 2.75) is 23.8 Å². The third kappa shape index (κ3) is 5.13. The van der Waals surface area contributed by atoms with E-state index < -0.39 is 0 Å². The monoisotopic (exact) mass is 239 g/mol. The van der Waals surface area contributed by atoms with E-state index in [1.165, 1.54) is 4.90 Å². The highest BCUT2D eigenvalue weighted by atomic mass is 35.5. The van der Waals surface area contributed by atoms with Crippen LogP contribution in [0.25, 0.3) is 0 Å². The first-order valence-electron chi connectivity index (χ1n) is 4.80. The second-order valence-electron chi connectivity index (χ2n) is 3.27. The van der Waals surface area contributed by atoms with Crippen LogP contribution in [0.1, 0.15) is 12.8 Å². The topological polar surface area (TPSA) is 26.0 Å². The van der Waals surface area contributed by atoms with Crippen molar-refractivity contribution in [3.8, 4) is 12.3 Å². The molecule has 0 bridgehead atoms. The van der Waals surface area contributed by atoms with Gasteiger partial charge in [-0.1, -0.05) is 11.6 Å². The average molecular weight is 240 g/mol. The van der Waals surface area contributed by atoms with E-state index in [-0.39, 0.29) is 6.04 Å². The highest BCUT2D eigenvalue weighted by molar-refractivity contribution is 7.99. The van der Waals surface area contributed by atoms with Crippen LogP contribution in [0.5, 0.6) is 0 Å². The lowest BCUT2D eigenvalue weighted by Gasteiger charge is -2.09. The van der Waals surface area contributed by atoms with Gasteiger partial charge in [0.1, 0.15) is 0 Å². The van der Waals surface area contributed by atoms with Gasteiger partial charge in [0.25, 0.3) is 0 Å². The molecule has 1 nitrogen and oxygen atoms in total. The molecule has 0 aromatic heterocycles. The lowest BCUT2D eigenvalue weighted by atomic mass is 10.2. The van der Waals surface area contributed by atoms with Crippen LogP contribution in [0.15, 0.2) is 29.2 Å². The number of terminal acetylenes is 1. The van der Waals surface area contributed by atoms with E-state index >= 15 is 0 Å². The molecule has 0 radical (unpaired) electrons. The average Bonchev–Trinajstić information content (AvgIpc) is 2.25. The minimum Gasteiger partial charge on any atom is -0.327 e. The number of nitrogens with two attached hydrogens (primary N) is 1. The van der Waals surface area contributed by atoms with Crippen LogP contribution in [-0.2, 0) is 0 Å². The number of thioether (sulfide) groups is 1. The Morgan fingerprint density at radius 3 is 2.67 bits per heavy atom. The Bertz CT molecular complexity index is 328. The van der Waals surface area contributed by atoms with Gasteiger partial charge in [-0.05, 0) is 30.7 Å². The van der Waals surface area contributed by atoms with Gasteiger partial charge in [-0.3, -0.25) is 0 Å².